The van der Waals surface area contributed by atoms with E-state index in [4.69, 9.17) is 4.52 Å². The first-order valence-corrected chi connectivity index (χ1v) is 7.91. The maximum atomic E-state index is 5.44. The van der Waals surface area contributed by atoms with Crippen LogP contribution in [0.15, 0.2) is 28.8 Å². The van der Waals surface area contributed by atoms with Gasteiger partial charge in [-0.05, 0) is 50.3 Å². The van der Waals surface area contributed by atoms with Gasteiger partial charge in [0.15, 0.2) is 5.82 Å². The van der Waals surface area contributed by atoms with Crippen LogP contribution >= 0.6 is 0 Å². The van der Waals surface area contributed by atoms with Gasteiger partial charge in [-0.25, -0.2) is 0 Å². The van der Waals surface area contributed by atoms with Crippen LogP contribution in [-0.2, 0) is 12.8 Å². The van der Waals surface area contributed by atoms with Crippen molar-refractivity contribution < 1.29 is 4.52 Å². The lowest BCUT2D eigenvalue weighted by Crippen LogP contribution is -2.19. The Balaban J connectivity index is 1.70. The van der Waals surface area contributed by atoms with E-state index in [0.717, 1.165) is 38.1 Å². The first-order valence-electron chi connectivity index (χ1n) is 7.91. The molecule has 0 aliphatic heterocycles. The Morgan fingerprint density at radius 1 is 1.33 bits per heavy atom. The van der Waals surface area contributed by atoms with Crippen LogP contribution in [0.1, 0.15) is 61.5 Å². The maximum Gasteiger partial charge on any atom is 0.243 e. The van der Waals surface area contributed by atoms with Gasteiger partial charge in [0.25, 0.3) is 0 Å². The Hall–Kier alpha value is -1.68. The summed E-state index contributed by atoms with van der Waals surface area (Å²) in [6.45, 7) is 5.19. The van der Waals surface area contributed by atoms with E-state index in [2.05, 4.69) is 53.6 Å². The van der Waals surface area contributed by atoms with Crippen LogP contribution in [0.3, 0.4) is 0 Å². The van der Waals surface area contributed by atoms with Gasteiger partial charge in [-0.1, -0.05) is 36.3 Å². The number of nitrogens with one attached hydrogen (secondary N) is 1. The lowest BCUT2D eigenvalue weighted by molar-refractivity contribution is 0.333. The topological polar surface area (TPSA) is 51.0 Å². The minimum atomic E-state index is 0.127. The van der Waals surface area contributed by atoms with Gasteiger partial charge in [0.05, 0.1) is 6.04 Å². The van der Waals surface area contributed by atoms with E-state index in [1.807, 2.05) is 0 Å². The summed E-state index contributed by atoms with van der Waals surface area (Å²) in [6.07, 6.45) is 4.33. The smallest absolute Gasteiger partial charge is 0.243 e. The highest BCUT2D eigenvalue weighted by molar-refractivity contribution is 5.31. The molecule has 0 spiro atoms. The fourth-order valence-corrected chi connectivity index (χ4v) is 2.96. The van der Waals surface area contributed by atoms with Crippen LogP contribution in [-0.4, -0.2) is 16.7 Å². The second-order valence-corrected chi connectivity index (χ2v) is 5.88. The summed E-state index contributed by atoms with van der Waals surface area (Å²) in [7, 11) is 0. The molecule has 1 aliphatic rings. The van der Waals surface area contributed by atoms with Crippen molar-refractivity contribution in [1.29, 1.82) is 0 Å². The summed E-state index contributed by atoms with van der Waals surface area (Å²) in [5, 5.41) is 7.60. The van der Waals surface area contributed by atoms with Crippen molar-refractivity contribution in [2.45, 2.75) is 51.5 Å². The molecule has 21 heavy (non-hydrogen) atoms. The SMILES string of the molecule is CCCNC(C)c1nc(C2CCc3ccccc3C2)no1. The summed E-state index contributed by atoms with van der Waals surface area (Å²) in [4.78, 5) is 4.62. The summed E-state index contributed by atoms with van der Waals surface area (Å²) < 4.78 is 5.44. The third kappa shape index (κ3) is 3.16. The molecule has 1 N–H and O–H groups in total. The molecule has 1 aliphatic carbocycles. The second-order valence-electron chi connectivity index (χ2n) is 5.88. The molecule has 3 rings (SSSR count). The van der Waals surface area contributed by atoms with Gasteiger partial charge < -0.3 is 9.84 Å². The van der Waals surface area contributed by atoms with Crippen LogP contribution in [0.25, 0.3) is 0 Å². The van der Waals surface area contributed by atoms with Crippen molar-refractivity contribution in [1.82, 2.24) is 15.5 Å². The van der Waals surface area contributed by atoms with Crippen molar-refractivity contribution in [2.75, 3.05) is 6.54 Å². The first kappa shape index (κ1) is 14.3. The van der Waals surface area contributed by atoms with Crippen molar-refractivity contribution in [3.05, 3.63) is 47.1 Å². The van der Waals surface area contributed by atoms with E-state index in [0.29, 0.717) is 11.8 Å². The normalized spacial score (nSPS) is 19.2. The van der Waals surface area contributed by atoms with E-state index in [9.17, 15) is 0 Å². The Bertz CT molecular complexity index is 593. The zero-order chi connectivity index (χ0) is 14.7. The number of aryl methyl sites for hydroxylation is 1. The van der Waals surface area contributed by atoms with Crippen LogP contribution in [0, 0.1) is 0 Å². The molecule has 2 atom stereocenters. The van der Waals surface area contributed by atoms with Crippen molar-refractivity contribution in [2.24, 2.45) is 0 Å². The van der Waals surface area contributed by atoms with Crippen molar-refractivity contribution in [3.63, 3.8) is 0 Å². The van der Waals surface area contributed by atoms with Gasteiger partial charge in [-0.3, -0.25) is 0 Å². The molecule has 0 radical (unpaired) electrons. The van der Waals surface area contributed by atoms with E-state index in [-0.39, 0.29) is 6.04 Å². The van der Waals surface area contributed by atoms with E-state index in [1.54, 1.807) is 0 Å². The van der Waals surface area contributed by atoms with E-state index in [1.165, 1.54) is 11.1 Å². The number of fused-ring (bicyclic) bond motifs is 1. The second kappa shape index (κ2) is 6.39. The number of aromatic nitrogens is 2. The van der Waals surface area contributed by atoms with Gasteiger partial charge in [0, 0.05) is 5.92 Å². The fourth-order valence-electron chi connectivity index (χ4n) is 2.96. The molecule has 1 aromatic heterocycles. The minimum absolute atomic E-state index is 0.127. The Morgan fingerprint density at radius 3 is 2.95 bits per heavy atom. The molecule has 0 saturated heterocycles. The molecule has 1 heterocycles. The molecule has 0 amide bonds. The maximum absolute atomic E-state index is 5.44. The molecular formula is C17H23N3O. The molecule has 2 unspecified atom stereocenters. The van der Waals surface area contributed by atoms with Gasteiger partial charge in [-0.15, -0.1) is 0 Å². The molecular weight excluding hydrogens is 262 g/mol. The highest BCUT2D eigenvalue weighted by Crippen LogP contribution is 2.31. The average molecular weight is 285 g/mol. The quantitative estimate of drug-likeness (QED) is 0.914. The van der Waals surface area contributed by atoms with Gasteiger partial charge in [0.1, 0.15) is 0 Å². The molecule has 0 bridgehead atoms. The van der Waals surface area contributed by atoms with Crippen LogP contribution in [0.4, 0.5) is 0 Å². The molecule has 0 fully saturated rings. The lowest BCUT2D eigenvalue weighted by atomic mass is 9.83. The van der Waals surface area contributed by atoms with Gasteiger partial charge in [0.2, 0.25) is 5.89 Å². The van der Waals surface area contributed by atoms with E-state index < -0.39 is 0 Å². The van der Waals surface area contributed by atoms with Gasteiger partial charge in [-0.2, -0.15) is 4.98 Å². The summed E-state index contributed by atoms with van der Waals surface area (Å²) >= 11 is 0. The number of benzene rings is 1. The standard InChI is InChI=1S/C17H23N3O/c1-3-10-18-12(2)17-19-16(20-21-17)15-9-8-13-6-4-5-7-14(13)11-15/h4-7,12,15,18H,3,8-11H2,1-2H3. The number of nitrogens with zero attached hydrogens (tertiary/aromatic N) is 2. The highest BCUT2D eigenvalue weighted by atomic mass is 16.5. The van der Waals surface area contributed by atoms with Gasteiger partial charge >= 0.3 is 0 Å². The Labute approximate surface area is 126 Å². The predicted molar refractivity (Wildman–Crippen MR) is 82.2 cm³/mol. The van der Waals surface area contributed by atoms with Crippen LogP contribution in [0.5, 0.6) is 0 Å². The molecule has 1 aromatic carbocycles. The zero-order valence-electron chi connectivity index (χ0n) is 12.8. The highest BCUT2D eigenvalue weighted by Gasteiger charge is 2.25. The lowest BCUT2D eigenvalue weighted by Gasteiger charge is -2.21. The Kier molecular flexibility index (Phi) is 4.34. The van der Waals surface area contributed by atoms with Crippen molar-refractivity contribution >= 4 is 0 Å². The summed E-state index contributed by atoms with van der Waals surface area (Å²) in [5.41, 5.74) is 2.90. The fraction of sp³-hybridized carbons (Fsp3) is 0.529. The molecule has 4 heteroatoms. The van der Waals surface area contributed by atoms with Crippen LogP contribution in [0.2, 0.25) is 0 Å². The number of hydrogen-bond acceptors (Lipinski definition) is 4. The Morgan fingerprint density at radius 2 is 2.14 bits per heavy atom. The van der Waals surface area contributed by atoms with Crippen molar-refractivity contribution in [3.8, 4) is 0 Å². The summed E-state index contributed by atoms with van der Waals surface area (Å²) in [5.74, 6) is 1.96. The third-order valence-corrected chi connectivity index (χ3v) is 4.24. The van der Waals surface area contributed by atoms with E-state index >= 15 is 0 Å². The largest absolute Gasteiger partial charge is 0.338 e. The molecule has 4 nitrogen and oxygen atoms in total. The molecule has 112 valence electrons. The average Bonchev–Trinajstić information content (AvgIpc) is 3.02. The molecule has 0 saturated carbocycles. The first-order chi connectivity index (χ1) is 10.3. The number of hydrogen-bond donors (Lipinski definition) is 1. The summed E-state index contributed by atoms with van der Waals surface area (Å²) in [6, 6.07) is 8.80. The molecule has 2 aromatic rings. The zero-order valence-corrected chi connectivity index (χ0v) is 12.8. The monoisotopic (exact) mass is 285 g/mol. The predicted octanol–water partition coefficient (Wildman–Crippen LogP) is 3.40. The minimum Gasteiger partial charge on any atom is -0.338 e. The van der Waals surface area contributed by atoms with Crippen LogP contribution < -0.4 is 5.32 Å². The number of rotatable bonds is 5. The third-order valence-electron chi connectivity index (χ3n) is 4.24.